The number of aliphatic hydroxyl groups is 1. The maximum atomic E-state index is 8.72. The molecule has 1 heterocycles. The van der Waals surface area contributed by atoms with Gasteiger partial charge in [-0.05, 0) is 19.1 Å². The largest absolute Gasteiger partial charge is 0.388 e. The number of nitrogens with zero attached hydrogens (tertiary/aromatic N) is 2. The van der Waals surface area contributed by atoms with Crippen molar-refractivity contribution in [2.75, 3.05) is 0 Å². The Morgan fingerprint density at radius 3 is 2.91 bits per heavy atom. The first-order valence-electron chi connectivity index (χ1n) is 3.34. The average Bonchev–Trinajstić information content (AvgIpc) is 2.03. The highest BCUT2D eigenvalue weighted by Gasteiger charge is 1.96. The molecule has 1 aromatic heterocycles. The summed E-state index contributed by atoms with van der Waals surface area (Å²) in [5.74, 6) is 0.444. The second-order valence-electron chi connectivity index (χ2n) is 2.21. The van der Waals surface area contributed by atoms with Gasteiger partial charge in [0.05, 0.1) is 5.69 Å². The third-order valence-electron chi connectivity index (χ3n) is 1.27. The highest BCUT2D eigenvalue weighted by molar-refractivity contribution is 5.41. The maximum Gasteiger partial charge on any atom is 0.154 e. The first-order valence-corrected chi connectivity index (χ1v) is 3.34. The molecule has 0 aliphatic carbocycles. The molecule has 0 spiro atoms. The lowest BCUT2D eigenvalue weighted by Gasteiger charge is -1.98. The van der Waals surface area contributed by atoms with E-state index in [9.17, 15) is 0 Å². The van der Waals surface area contributed by atoms with E-state index >= 15 is 0 Å². The van der Waals surface area contributed by atoms with Crippen LogP contribution in [0.25, 0.3) is 6.08 Å². The molecular formula is C8H10N2O. The van der Waals surface area contributed by atoms with Gasteiger partial charge in [-0.3, -0.25) is 0 Å². The van der Waals surface area contributed by atoms with Gasteiger partial charge >= 0.3 is 0 Å². The Hall–Kier alpha value is -1.22. The zero-order valence-electron chi connectivity index (χ0n) is 6.41. The van der Waals surface area contributed by atoms with Crippen LogP contribution >= 0.6 is 0 Å². The summed E-state index contributed by atoms with van der Waals surface area (Å²) in [6, 6.07) is 1.81. The smallest absolute Gasteiger partial charge is 0.154 e. The van der Waals surface area contributed by atoms with E-state index < -0.39 is 0 Å². The summed E-state index contributed by atoms with van der Waals surface area (Å²) in [7, 11) is 0. The second-order valence-corrected chi connectivity index (χ2v) is 2.21. The number of aromatic nitrogens is 2. The van der Waals surface area contributed by atoms with Crippen molar-refractivity contribution in [3.05, 3.63) is 29.9 Å². The van der Waals surface area contributed by atoms with Gasteiger partial charge in [-0.15, -0.1) is 0 Å². The monoisotopic (exact) mass is 150 g/mol. The SMILES string of the molecule is C=Cc1cc(C)nc(CO)n1. The Kier molecular flexibility index (Phi) is 2.33. The van der Waals surface area contributed by atoms with Crippen LogP contribution in [0.1, 0.15) is 17.2 Å². The minimum absolute atomic E-state index is 0.123. The van der Waals surface area contributed by atoms with E-state index in [2.05, 4.69) is 16.5 Å². The molecule has 0 aliphatic rings. The number of hydrogen-bond donors (Lipinski definition) is 1. The van der Waals surface area contributed by atoms with Crippen molar-refractivity contribution in [1.82, 2.24) is 9.97 Å². The first-order chi connectivity index (χ1) is 5.26. The first kappa shape index (κ1) is 7.88. The predicted molar refractivity (Wildman–Crippen MR) is 42.8 cm³/mol. The third-order valence-corrected chi connectivity index (χ3v) is 1.27. The molecule has 11 heavy (non-hydrogen) atoms. The zero-order valence-corrected chi connectivity index (χ0v) is 6.41. The van der Waals surface area contributed by atoms with Crippen molar-refractivity contribution >= 4 is 6.08 Å². The molecule has 0 amide bonds. The Morgan fingerprint density at radius 1 is 1.64 bits per heavy atom. The molecule has 58 valence electrons. The summed E-state index contributed by atoms with van der Waals surface area (Å²) in [5, 5.41) is 8.72. The lowest BCUT2D eigenvalue weighted by molar-refractivity contribution is 0.271. The molecule has 0 bridgehead atoms. The summed E-state index contributed by atoms with van der Waals surface area (Å²) >= 11 is 0. The van der Waals surface area contributed by atoms with Crippen molar-refractivity contribution in [3.8, 4) is 0 Å². The van der Waals surface area contributed by atoms with Crippen LogP contribution in [-0.2, 0) is 6.61 Å². The normalized spacial score (nSPS) is 9.64. The van der Waals surface area contributed by atoms with Crippen LogP contribution < -0.4 is 0 Å². The van der Waals surface area contributed by atoms with E-state index in [1.807, 2.05) is 13.0 Å². The second kappa shape index (κ2) is 3.25. The lowest BCUT2D eigenvalue weighted by Crippen LogP contribution is -1.97. The summed E-state index contributed by atoms with van der Waals surface area (Å²) in [5.41, 5.74) is 1.60. The molecule has 1 N–H and O–H groups in total. The van der Waals surface area contributed by atoms with Crippen LogP contribution in [0, 0.1) is 6.92 Å². The zero-order chi connectivity index (χ0) is 8.27. The van der Waals surface area contributed by atoms with Crippen molar-refractivity contribution in [3.63, 3.8) is 0 Å². The molecule has 0 aliphatic heterocycles. The Balaban J connectivity index is 3.11. The van der Waals surface area contributed by atoms with E-state index in [-0.39, 0.29) is 6.61 Å². The van der Waals surface area contributed by atoms with Crippen LogP contribution in [0.3, 0.4) is 0 Å². The van der Waals surface area contributed by atoms with E-state index in [4.69, 9.17) is 5.11 Å². The molecule has 0 aromatic carbocycles. The van der Waals surface area contributed by atoms with E-state index in [1.54, 1.807) is 6.08 Å². The van der Waals surface area contributed by atoms with Gasteiger partial charge in [0.25, 0.3) is 0 Å². The summed E-state index contributed by atoms with van der Waals surface area (Å²) < 4.78 is 0. The van der Waals surface area contributed by atoms with Crippen LogP contribution in [0.15, 0.2) is 12.6 Å². The van der Waals surface area contributed by atoms with Crippen LogP contribution in [-0.4, -0.2) is 15.1 Å². The summed E-state index contributed by atoms with van der Waals surface area (Å²) in [4.78, 5) is 7.98. The fourth-order valence-electron chi connectivity index (χ4n) is 0.831. The molecule has 0 radical (unpaired) electrons. The van der Waals surface area contributed by atoms with E-state index in [0.29, 0.717) is 5.82 Å². The molecule has 0 atom stereocenters. The molecular weight excluding hydrogens is 140 g/mol. The van der Waals surface area contributed by atoms with Gasteiger partial charge in [-0.1, -0.05) is 6.58 Å². The Morgan fingerprint density at radius 2 is 2.36 bits per heavy atom. The fraction of sp³-hybridized carbons (Fsp3) is 0.250. The molecule has 0 saturated carbocycles. The minimum Gasteiger partial charge on any atom is -0.388 e. The molecule has 0 saturated heterocycles. The van der Waals surface area contributed by atoms with Gasteiger partial charge in [0.15, 0.2) is 5.82 Å². The van der Waals surface area contributed by atoms with Crippen LogP contribution in [0.2, 0.25) is 0 Å². The molecule has 1 rings (SSSR count). The molecule has 3 nitrogen and oxygen atoms in total. The number of rotatable bonds is 2. The van der Waals surface area contributed by atoms with Crippen molar-refractivity contribution in [2.24, 2.45) is 0 Å². The highest BCUT2D eigenvalue weighted by Crippen LogP contribution is 2.01. The molecule has 0 unspecified atom stereocenters. The topological polar surface area (TPSA) is 46.0 Å². The number of hydrogen-bond acceptors (Lipinski definition) is 3. The summed E-state index contributed by atoms with van der Waals surface area (Å²) in [6.45, 7) is 5.31. The van der Waals surface area contributed by atoms with Crippen LogP contribution in [0.4, 0.5) is 0 Å². The van der Waals surface area contributed by atoms with Crippen molar-refractivity contribution in [2.45, 2.75) is 13.5 Å². The molecule has 0 fully saturated rings. The highest BCUT2D eigenvalue weighted by atomic mass is 16.3. The predicted octanol–water partition coefficient (Wildman–Crippen LogP) is 0.920. The lowest BCUT2D eigenvalue weighted by atomic mass is 10.3. The van der Waals surface area contributed by atoms with E-state index in [1.165, 1.54) is 0 Å². The molecule has 3 heteroatoms. The standard InChI is InChI=1S/C8H10N2O/c1-3-7-4-6(2)9-8(5-11)10-7/h3-4,11H,1,5H2,2H3. The average molecular weight is 150 g/mol. The Bertz CT molecular complexity index is 271. The third kappa shape index (κ3) is 1.85. The van der Waals surface area contributed by atoms with Gasteiger partial charge in [0.2, 0.25) is 0 Å². The fourth-order valence-corrected chi connectivity index (χ4v) is 0.831. The van der Waals surface area contributed by atoms with E-state index in [0.717, 1.165) is 11.4 Å². The van der Waals surface area contributed by atoms with Gasteiger partial charge in [-0.2, -0.15) is 0 Å². The minimum atomic E-state index is -0.123. The van der Waals surface area contributed by atoms with Gasteiger partial charge in [0, 0.05) is 5.69 Å². The quantitative estimate of drug-likeness (QED) is 0.681. The maximum absolute atomic E-state index is 8.72. The van der Waals surface area contributed by atoms with Gasteiger partial charge in [-0.25, -0.2) is 9.97 Å². The van der Waals surface area contributed by atoms with Crippen molar-refractivity contribution < 1.29 is 5.11 Å². The molecule has 1 aromatic rings. The Labute approximate surface area is 65.4 Å². The van der Waals surface area contributed by atoms with Crippen LogP contribution in [0.5, 0.6) is 0 Å². The summed E-state index contributed by atoms with van der Waals surface area (Å²) in [6.07, 6.45) is 1.63. The number of aryl methyl sites for hydroxylation is 1. The number of aliphatic hydroxyl groups excluding tert-OH is 1. The van der Waals surface area contributed by atoms with Gasteiger partial charge in [0.1, 0.15) is 6.61 Å². The van der Waals surface area contributed by atoms with Crippen molar-refractivity contribution in [1.29, 1.82) is 0 Å². The van der Waals surface area contributed by atoms with Gasteiger partial charge < -0.3 is 5.11 Å².